The molecule has 0 saturated carbocycles. The predicted octanol–water partition coefficient (Wildman–Crippen LogP) is 5.66. The van der Waals surface area contributed by atoms with Gasteiger partial charge < -0.3 is 4.57 Å². The maximum Gasteiger partial charge on any atom is 0.188 e. The molecule has 0 heterocycles. The van der Waals surface area contributed by atoms with Gasteiger partial charge in [-0.15, -0.1) is 0 Å². The fraction of sp³-hybridized carbons (Fsp3) is 1.00. The van der Waals surface area contributed by atoms with E-state index in [1.807, 2.05) is 6.66 Å². The van der Waals surface area contributed by atoms with Crippen LogP contribution in [0.1, 0.15) is 52.4 Å². The lowest BCUT2D eigenvalue weighted by Crippen LogP contribution is -1.81. The van der Waals surface area contributed by atoms with Crippen molar-refractivity contribution in [3.8, 4) is 0 Å². The van der Waals surface area contributed by atoms with Crippen molar-refractivity contribution in [1.29, 1.82) is 0 Å². The lowest BCUT2D eigenvalue weighted by Gasteiger charge is -2.11. The summed E-state index contributed by atoms with van der Waals surface area (Å²) in [6, 6.07) is 0. The molecule has 1 unspecified atom stereocenters. The zero-order chi connectivity index (χ0) is 11.6. The molecule has 0 aromatic heterocycles. The summed E-state index contributed by atoms with van der Waals surface area (Å²) in [5.41, 5.74) is -1.94. The van der Waals surface area contributed by atoms with E-state index < -0.39 is 5.55 Å². The van der Waals surface area contributed by atoms with Crippen molar-refractivity contribution in [2.75, 3.05) is 18.2 Å². The van der Waals surface area contributed by atoms with Gasteiger partial charge in [0.2, 0.25) is 0 Å². The molecule has 0 aliphatic heterocycles. The Balaban J connectivity index is 3.43. The normalized spacial score (nSPS) is 15.1. The van der Waals surface area contributed by atoms with E-state index in [4.69, 9.17) is 0 Å². The second kappa shape index (κ2) is 10.1. The molecular weight excluding hydrogens is 243 g/mol. The quantitative estimate of drug-likeness (QED) is 0.376. The van der Waals surface area contributed by atoms with E-state index in [0.717, 1.165) is 11.5 Å². The summed E-state index contributed by atoms with van der Waals surface area (Å²) in [6.07, 6.45) is 7.51. The molecule has 0 radical (unpaired) electrons. The first-order valence-electron chi connectivity index (χ1n) is 5.99. The van der Waals surface area contributed by atoms with Crippen LogP contribution < -0.4 is 0 Å². The Morgan fingerprint density at radius 3 is 1.93 bits per heavy atom. The maximum absolute atomic E-state index is 12.0. The van der Waals surface area contributed by atoms with E-state index in [2.05, 4.69) is 13.8 Å². The van der Waals surface area contributed by atoms with Gasteiger partial charge in [0.1, 0.15) is 0 Å². The third-order valence-corrected chi connectivity index (χ3v) is 9.83. The van der Waals surface area contributed by atoms with Crippen LogP contribution in [0.25, 0.3) is 0 Å². The van der Waals surface area contributed by atoms with Crippen LogP contribution in [0.3, 0.4) is 0 Å². The highest BCUT2D eigenvalue weighted by Gasteiger charge is 2.15. The molecule has 0 aliphatic carbocycles. The Kier molecular flexibility index (Phi) is 10.7. The Bertz CT molecular complexity index is 185. The number of unbranched alkanes of at least 4 members (excludes halogenated alkanes) is 4. The van der Waals surface area contributed by atoms with E-state index in [1.54, 1.807) is 22.8 Å². The van der Waals surface area contributed by atoms with Gasteiger partial charge in [0.05, 0.1) is 0 Å². The van der Waals surface area contributed by atoms with Crippen molar-refractivity contribution >= 4 is 28.3 Å². The zero-order valence-electron chi connectivity index (χ0n) is 10.3. The molecule has 0 bridgehead atoms. The highest BCUT2D eigenvalue weighted by molar-refractivity contribution is 8.90. The van der Waals surface area contributed by atoms with Gasteiger partial charge in [0.25, 0.3) is 0 Å². The van der Waals surface area contributed by atoms with Crippen molar-refractivity contribution in [2.24, 2.45) is 0 Å². The van der Waals surface area contributed by atoms with Gasteiger partial charge in [-0.05, 0) is 12.8 Å². The van der Waals surface area contributed by atoms with E-state index >= 15 is 0 Å². The Hall–Kier alpha value is 0.930. The van der Waals surface area contributed by atoms with Crippen LogP contribution in [0.2, 0.25) is 0 Å². The summed E-state index contributed by atoms with van der Waals surface area (Å²) in [4.78, 5) is 0. The first-order valence-corrected chi connectivity index (χ1v) is 11.3. The lowest BCUT2D eigenvalue weighted by atomic mass is 10.2. The van der Waals surface area contributed by atoms with Gasteiger partial charge in [-0.3, -0.25) is 0 Å². The fourth-order valence-corrected chi connectivity index (χ4v) is 7.66. The molecule has 15 heavy (non-hydrogen) atoms. The first kappa shape index (κ1) is 15.9. The minimum absolute atomic E-state index is 1.06. The molecular formula is C11H25OPS2. The summed E-state index contributed by atoms with van der Waals surface area (Å²) in [5, 5.41) is 0. The summed E-state index contributed by atoms with van der Waals surface area (Å²) in [5.74, 6) is 2.14. The van der Waals surface area contributed by atoms with Gasteiger partial charge in [0.15, 0.2) is 5.55 Å². The van der Waals surface area contributed by atoms with Crippen molar-refractivity contribution in [2.45, 2.75) is 52.4 Å². The summed E-state index contributed by atoms with van der Waals surface area (Å²) in [7, 11) is 0. The zero-order valence-corrected chi connectivity index (χ0v) is 12.9. The predicted molar refractivity (Wildman–Crippen MR) is 77.5 cm³/mol. The van der Waals surface area contributed by atoms with E-state index in [0.29, 0.717) is 0 Å². The molecule has 0 spiro atoms. The van der Waals surface area contributed by atoms with Gasteiger partial charge in [-0.25, -0.2) is 0 Å². The molecule has 0 aromatic rings. The number of rotatable bonds is 10. The maximum atomic E-state index is 12.0. The Morgan fingerprint density at radius 1 is 0.867 bits per heavy atom. The molecule has 0 aromatic carbocycles. The molecule has 0 rings (SSSR count). The topological polar surface area (TPSA) is 17.1 Å². The number of hydrogen-bond donors (Lipinski definition) is 0. The van der Waals surface area contributed by atoms with Gasteiger partial charge in [-0.2, -0.15) is 0 Å². The molecule has 0 amide bonds. The second-order valence-corrected chi connectivity index (χ2v) is 13.2. The van der Waals surface area contributed by atoms with Gasteiger partial charge in [0, 0.05) is 18.2 Å². The first-order chi connectivity index (χ1) is 7.12. The largest absolute Gasteiger partial charge is 0.301 e. The molecule has 92 valence electrons. The van der Waals surface area contributed by atoms with Crippen molar-refractivity contribution < 1.29 is 4.57 Å². The molecule has 1 nitrogen and oxygen atoms in total. The SMILES string of the molecule is CCCCCCSP(C)(=O)SCCCC. The van der Waals surface area contributed by atoms with Gasteiger partial charge in [-0.1, -0.05) is 62.3 Å². The average Bonchev–Trinajstić information content (AvgIpc) is 2.17. The second-order valence-electron chi connectivity index (χ2n) is 3.85. The summed E-state index contributed by atoms with van der Waals surface area (Å²) >= 11 is 3.38. The minimum Gasteiger partial charge on any atom is -0.301 e. The smallest absolute Gasteiger partial charge is 0.188 e. The van der Waals surface area contributed by atoms with Crippen LogP contribution >= 0.6 is 28.3 Å². The van der Waals surface area contributed by atoms with Crippen LogP contribution in [0, 0.1) is 0 Å². The molecule has 0 fully saturated rings. The van der Waals surface area contributed by atoms with E-state index in [1.165, 1.54) is 38.5 Å². The average molecular weight is 268 g/mol. The third-order valence-electron chi connectivity index (χ3n) is 2.15. The molecule has 1 atom stereocenters. The minimum atomic E-state index is -1.94. The Labute approximate surface area is 103 Å². The standard InChI is InChI=1S/C11H25OPS2/c1-4-6-8-9-11-15-13(3,12)14-10-7-5-2/h4-11H2,1-3H3. The van der Waals surface area contributed by atoms with E-state index in [-0.39, 0.29) is 0 Å². The van der Waals surface area contributed by atoms with Crippen LogP contribution in [0.5, 0.6) is 0 Å². The third kappa shape index (κ3) is 11.2. The Morgan fingerprint density at radius 2 is 1.40 bits per heavy atom. The molecule has 0 saturated heterocycles. The van der Waals surface area contributed by atoms with Crippen LogP contribution in [-0.4, -0.2) is 18.2 Å². The van der Waals surface area contributed by atoms with Crippen molar-refractivity contribution in [3.63, 3.8) is 0 Å². The van der Waals surface area contributed by atoms with Crippen molar-refractivity contribution in [3.05, 3.63) is 0 Å². The fourth-order valence-electron chi connectivity index (χ4n) is 1.17. The molecule has 0 aliphatic rings. The summed E-state index contributed by atoms with van der Waals surface area (Å²) < 4.78 is 12.0. The summed E-state index contributed by atoms with van der Waals surface area (Å²) in [6.45, 7) is 6.33. The highest BCUT2D eigenvalue weighted by Crippen LogP contribution is 2.66. The lowest BCUT2D eigenvalue weighted by molar-refractivity contribution is 0.596. The highest BCUT2D eigenvalue weighted by atomic mass is 33.1. The van der Waals surface area contributed by atoms with Crippen LogP contribution in [0.15, 0.2) is 0 Å². The monoisotopic (exact) mass is 268 g/mol. The van der Waals surface area contributed by atoms with Crippen molar-refractivity contribution in [1.82, 2.24) is 0 Å². The van der Waals surface area contributed by atoms with E-state index in [9.17, 15) is 4.57 Å². The number of hydrogen-bond acceptors (Lipinski definition) is 3. The molecule has 0 N–H and O–H groups in total. The van der Waals surface area contributed by atoms with Gasteiger partial charge >= 0.3 is 0 Å². The van der Waals surface area contributed by atoms with Crippen LogP contribution in [-0.2, 0) is 4.57 Å². The van der Waals surface area contributed by atoms with Crippen LogP contribution in [0.4, 0.5) is 0 Å². The molecule has 4 heteroatoms.